The molecule has 0 aliphatic carbocycles. The van der Waals surface area contributed by atoms with Crippen molar-refractivity contribution >= 4 is 22.0 Å². The number of likely N-dealkylation sites (tertiary alicyclic amines) is 1. The first-order valence-electron chi connectivity index (χ1n) is 6.46. The Balaban J connectivity index is 2.67. The van der Waals surface area contributed by atoms with Crippen molar-refractivity contribution in [1.29, 1.82) is 0 Å². The summed E-state index contributed by atoms with van der Waals surface area (Å²) in [6.07, 6.45) is 1.54. The van der Waals surface area contributed by atoms with E-state index in [1.54, 1.807) is 11.9 Å². The topological polar surface area (TPSA) is 41.6 Å². The van der Waals surface area contributed by atoms with E-state index in [0.717, 1.165) is 12.8 Å². The van der Waals surface area contributed by atoms with Crippen molar-refractivity contribution in [2.75, 3.05) is 13.6 Å². The minimum Gasteiger partial charge on any atom is -0.444 e. The van der Waals surface area contributed by atoms with Crippen molar-refractivity contribution in [3.8, 4) is 0 Å². The summed E-state index contributed by atoms with van der Waals surface area (Å²) < 4.78 is 19.5. The van der Waals surface area contributed by atoms with Gasteiger partial charge in [0.05, 0.1) is 0 Å². The van der Waals surface area contributed by atoms with E-state index < -0.39 is 5.60 Å². The fraction of sp³-hybridized carbons (Fsp3) is 0.769. The first kappa shape index (κ1) is 16.3. The molecule has 0 radical (unpaired) electrons. The molecule has 0 aromatic heterocycles. The number of ether oxygens (including phenoxy) is 1. The quantitative estimate of drug-likeness (QED) is 0.801. The predicted octanol–water partition coefficient (Wildman–Crippen LogP) is 3.53. The Labute approximate surface area is 122 Å². The maximum absolute atomic E-state index is 13.8. The van der Waals surface area contributed by atoms with Crippen LogP contribution in [0.4, 0.5) is 9.18 Å². The Hall–Kier alpha value is -0.780. The molecule has 19 heavy (non-hydrogen) atoms. The zero-order valence-corrected chi connectivity index (χ0v) is 13.5. The maximum Gasteiger partial charge on any atom is 0.410 e. The lowest BCUT2D eigenvalue weighted by Crippen LogP contribution is -2.39. The summed E-state index contributed by atoms with van der Waals surface area (Å²) in [7, 11) is 1.64. The SMILES string of the molecule is CN/C(Br)=C(\F)C[C@@H]1CCCN1C(=O)OC(C)(C)C. The summed E-state index contributed by atoms with van der Waals surface area (Å²) in [6, 6.07) is -0.129. The van der Waals surface area contributed by atoms with E-state index in [4.69, 9.17) is 4.74 Å². The van der Waals surface area contributed by atoms with Gasteiger partial charge in [0.15, 0.2) is 0 Å². The molecule has 0 aromatic rings. The van der Waals surface area contributed by atoms with Gasteiger partial charge in [-0.2, -0.15) is 0 Å². The van der Waals surface area contributed by atoms with Gasteiger partial charge in [-0.1, -0.05) is 0 Å². The van der Waals surface area contributed by atoms with Crippen LogP contribution in [-0.4, -0.2) is 36.2 Å². The van der Waals surface area contributed by atoms with Crippen molar-refractivity contribution in [3.63, 3.8) is 0 Å². The summed E-state index contributed by atoms with van der Waals surface area (Å²) in [5, 5.41) is 2.71. The second-order valence-electron chi connectivity index (χ2n) is 5.64. The molecule has 6 heteroatoms. The van der Waals surface area contributed by atoms with Gasteiger partial charge in [-0.3, -0.25) is 0 Å². The van der Waals surface area contributed by atoms with Gasteiger partial charge >= 0.3 is 6.09 Å². The van der Waals surface area contributed by atoms with Gasteiger partial charge in [-0.25, -0.2) is 9.18 Å². The molecule has 0 unspecified atom stereocenters. The highest BCUT2D eigenvalue weighted by molar-refractivity contribution is 9.11. The van der Waals surface area contributed by atoms with Crippen molar-refractivity contribution in [2.45, 2.75) is 51.7 Å². The van der Waals surface area contributed by atoms with Crippen LogP contribution in [0.2, 0.25) is 0 Å². The lowest BCUT2D eigenvalue weighted by molar-refractivity contribution is 0.0223. The van der Waals surface area contributed by atoms with Gasteiger partial charge in [-0.05, 0) is 49.5 Å². The Morgan fingerprint density at radius 1 is 1.53 bits per heavy atom. The fourth-order valence-electron chi connectivity index (χ4n) is 2.04. The molecule has 1 fully saturated rings. The average molecular weight is 337 g/mol. The highest BCUT2D eigenvalue weighted by atomic mass is 79.9. The van der Waals surface area contributed by atoms with Crippen LogP contribution in [0.15, 0.2) is 10.4 Å². The van der Waals surface area contributed by atoms with Gasteiger partial charge in [0, 0.05) is 26.1 Å². The molecule has 0 bridgehead atoms. The van der Waals surface area contributed by atoms with E-state index in [1.807, 2.05) is 20.8 Å². The van der Waals surface area contributed by atoms with Gasteiger partial charge < -0.3 is 15.0 Å². The van der Waals surface area contributed by atoms with Gasteiger partial charge in [0.2, 0.25) is 0 Å². The Bertz CT molecular complexity index is 366. The largest absolute Gasteiger partial charge is 0.444 e. The highest BCUT2D eigenvalue weighted by Crippen LogP contribution is 2.27. The van der Waals surface area contributed by atoms with Crippen LogP contribution in [0.5, 0.6) is 0 Å². The van der Waals surface area contributed by atoms with Gasteiger partial charge in [0.1, 0.15) is 16.0 Å². The lowest BCUT2D eigenvalue weighted by Gasteiger charge is -2.28. The van der Waals surface area contributed by atoms with Crippen LogP contribution >= 0.6 is 15.9 Å². The molecule has 1 aliphatic heterocycles. The third kappa shape index (κ3) is 5.01. The number of hydrogen-bond donors (Lipinski definition) is 1. The van der Waals surface area contributed by atoms with E-state index in [0.29, 0.717) is 11.2 Å². The lowest BCUT2D eigenvalue weighted by atomic mass is 10.1. The normalized spacial score (nSPS) is 21.2. The van der Waals surface area contributed by atoms with Crippen LogP contribution in [0, 0.1) is 0 Å². The van der Waals surface area contributed by atoms with Crippen LogP contribution in [0.3, 0.4) is 0 Å². The molecule has 1 N–H and O–H groups in total. The summed E-state index contributed by atoms with van der Waals surface area (Å²) in [5.41, 5.74) is -0.524. The number of hydrogen-bond acceptors (Lipinski definition) is 3. The number of rotatable bonds is 3. The smallest absolute Gasteiger partial charge is 0.410 e. The molecule has 4 nitrogen and oxygen atoms in total. The molecule has 1 aliphatic rings. The molecular weight excluding hydrogens is 315 g/mol. The van der Waals surface area contributed by atoms with E-state index in [-0.39, 0.29) is 24.4 Å². The molecular formula is C13H22BrFN2O2. The molecule has 0 aromatic carbocycles. The molecule has 1 heterocycles. The molecule has 1 rings (SSSR count). The minimum atomic E-state index is -0.524. The Morgan fingerprint density at radius 2 is 2.16 bits per heavy atom. The molecule has 110 valence electrons. The van der Waals surface area contributed by atoms with E-state index in [9.17, 15) is 9.18 Å². The van der Waals surface area contributed by atoms with E-state index in [2.05, 4.69) is 21.2 Å². The van der Waals surface area contributed by atoms with E-state index >= 15 is 0 Å². The molecule has 1 saturated heterocycles. The molecule has 0 saturated carbocycles. The molecule has 1 atom stereocenters. The van der Waals surface area contributed by atoms with Crippen molar-refractivity contribution in [3.05, 3.63) is 10.4 Å². The zero-order valence-electron chi connectivity index (χ0n) is 11.9. The summed E-state index contributed by atoms with van der Waals surface area (Å²) in [5.74, 6) is -0.275. The van der Waals surface area contributed by atoms with Crippen LogP contribution in [0.1, 0.15) is 40.0 Å². The molecule has 1 amide bonds. The van der Waals surface area contributed by atoms with Crippen molar-refractivity contribution in [2.24, 2.45) is 0 Å². The Kier molecular flexibility index (Phi) is 5.64. The van der Waals surface area contributed by atoms with Crippen LogP contribution in [-0.2, 0) is 4.74 Å². The number of amides is 1. The first-order chi connectivity index (χ1) is 8.74. The van der Waals surface area contributed by atoms with E-state index in [1.165, 1.54) is 0 Å². The Morgan fingerprint density at radius 3 is 2.68 bits per heavy atom. The number of nitrogens with zero attached hydrogens (tertiary/aromatic N) is 1. The van der Waals surface area contributed by atoms with Gasteiger partial charge in [0.25, 0.3) is 0 Å². The number of carbonyl (C=O) groups is 1. The minimum absolute atomic E-state index is 0.129. The van der Waals surface area contributed by atoms with Gasteiger partial charge in [-0.15, -0.1) is 0 Å². The average Bonchev–Trinajstić information content (AvgIpc) is 2.73. The number of nitrogens with one attached hydrogen (secondary N) is 1. The number of halogens is 2. The van der Waals surface area contributed by atoms with Crippen molar-refractivity contribution < 1.29 is 13.9 Å². The second kappa shape index (κ2) is 6.59. The summed E-state index contributed by atoms with van der Waals surface area (Å²) >= 11 is 3.11. The predicted molar refractivity (Wildman–Crippen MR) is 76.7 cm³/mol. The third-order valence-corrected chi connectivity index (χ3v) is 3.70. The van der Waals surface area contributed by atoms with Crippen molar-refractivity contribution in [1.82, 2.24) is 10.2 Å². The maximum atomic E-state index is 13.8. The fourth-order valence-corrected chi connectivity index (χ4v) is 2.20. The summed E-state index contributed by atoms with van der Waals surface area (Å²) in [6.45, 7) is 6.11. The molecule has 0 spiro atoms. The number of carbonyl (C=O) groups excluding carboxylic acids is 1. The summed E-state index contributed by atoms with van der Waals surface area (Å²) in [4.78, 5) is 13.7. The van der Waals surface area contributed by atoms with Crippen LogP contribution < -0.4 is 5.32 Å². The zero-order chi connectivity index (χ0) is 14.6. The highest BCUT2D eigenvalue weighted by Gasteiger charge is 2.33. The standard InChI is InChI=1S/C13H22BrFN2O2/c1-13(2,3)19-12(18)17-7-5-6-9(17)8-10(15)11(14)16-4/h9,16H,5-8H2,1-4H3/b11-10-/t9-/m0/s1. The first-order valence-corrected chi connectivity index (χ1v) is 7.25. The third-order valence-electron chi connectivity index (χ3n) is 2.88. The van der Waals surface area contributed by atoms with Crippen LogP contribution in [0.25, 0.3) is 0 Å². The second-order valence-corrected chi connectivity index (χ2v) is 6.44. The monoisotopic (exact) mass is 336 g/mol.